The van der Waals surface area contributed by atoms with Crippen molar-refractivity contribution in [1.82, 2.24) is 9.78 Å². The van der Waals surface area contributed by atoms with Crippen LogP contribution in [-0.4, -0.2) is 22.2 Å². The second-order valence-electron chi connectivity index (χ2n) is 5.21. The van der Waals surface area contributed by atoms with Crippen LogP contribution in [0.2, 0.25) is 0 Å². The van der Waals surface area contributed by atoms with Crippen molar-refractivity contribution >= 4 is 16.7 Å². The van der Waals surface area contributed by atoms with Crippen molar-refractivity contribution in [2.75, 3.05) is 6.61 Å². The topological polar surface area (TPSA) is 44.1 Å². The third kappa shape index (κ3) is 2.28. The number of rotatable bonds is 2. The van der Waals surface area contributed by atoms with Gasteiger partial charge >= 0.3 is 0 Å². The molecule has 2 aromatic rings. The van der Waals surface area contributed by atoms with Crippen molar-refractivity contribution in [3.63, 3.8) is 0 Å². The Morgan fingerprint density at radius 3 is 2.95 bits per heavy atom. The predicted octanol–water partition coefficient (Wildman–Crippen LogP) is 3.25. The zero-order chi connectivity index (χ0) is 13.4. The van der Waals surface area contributed by atoms with E-state index in [0.29, 0.717) is 0 Å². The van der Waals surface area contributed by atoms with E-state index < -0.39 is 0 Å². The van der Waals surface area contributed by atoms with Crippen molar-refractivity contribution in [2.24, 2.45) is 0 Å². The molecule has 1 aromatic heterocycles. The maximum Gasteiger partial charge on any atom is 0.160 e. The molecule has 4 heteroatoms. The summed E-state index contributed by atoms with van der Waals surface area (Å²) < 4.78 is 7.63. The van der Waals surface area contributed by atoms with E-state index in [1.807, 2.05) is 29.9 Å². The summed E-state index contributed by atoms with van der Waals surface area (Å²) in [6, 6.07) is 3.91. The summed E-state index contributed by atoms with van der Waals surface area (Å²) >= 11 is 0. The molecule has 0 aliphatic carbocycles. The van der Waals surface area contributed by atoms with Gasteiger partial charge in [0, 0.05) is 23.8 Å². The van der Waals surface area contributed by atoms with E-state index in [-0.39, 0.29) is 12.0 Å². The molecule has 1 aliphatic rings. The highest BCUT2D eigenvalue weighted by molar-refractivity contribution is 5.99. The Morgan fingerprint density at radius 2 is 2.26 bits per heavy atom. The molecule has 1 atom stereocenters. The number of fused-ring (bicyclic) bond motifs is 1. The van der Waals surface area contributed by atoms with Gasteiger partial charge in [-0.2, -0.15) is 5.10 Å². The van der Waals surface area contributed by atoms with E-state index in [4.69, 9.17) is 4.74 Å². The molecule has 0 amide bonds. The Hall–Kier alpha value is -1.68. The maximum absolute atomic E-state index is 11.6. The Bertz CT molecular complexity index is 624. The summed E-state index contributed by atoms with van der Waals surface area (Å²) in [5.41, 5.74) is 2.62. The maximum atomic E-state index is 11.6. The highest BCUT2D eigenvalue weighted by Crippen LogP contribution is 2.25. The Labute approximate surface area is 112 Å². The van der Waals surface area contributed by atoms with E-state index in [0.717, 1.165) is 41.5 Å². The number of aryl methyl sites for hydroxylation is 1. The summed E-state index contributed by atoms with van der Waals surface area (Å²) in [6.45, 7) is 4.36. The molecule has 100 valence electrons. The first-order chi connectivity index (χ1) is 9.15. The molecule has 0 spiro atoms. The average molecular weight is 258 g/mol. The summed E-state index contributed by atoms with van der Waals surface area (Å²) in [5.74, 6) is 0.0860. The van der Waals surface area contributed by atoms with Gasteiger partial charge in [-0.25, -0.2) is 4.68 Å². The molecule has 0 radical (unpaired) electrons. The van der Waals surface area contributed by atoms with Crippen molar-refractivity contribution in [3.8, 4) is 0 Å². The van der Waals surface area contributed by atoms with Crippen LogP contribution < -0.4 is 0 Å². The van der Waals surface area contributed by atoms with Crippen LogP contribution in [0.1, 0.15) is 48.3 Å². The van der Waals surface area contributed by atoms with E-state index in [9.17, 15) is 4.79 Å². The molecule has 1 aromatic carbocycles. The van der Waals surface area contributed by atoms with E-state index in [1.54, 1.807) is 6.92 Å². The third-order valence-corrected chi connectivity index (χ3v) is 3.70. The smallest absolute Gasteiger partial charge is 0.160 e. The first-order valence-electron chi connectivity index (χ1n) is 6.77. The van der Waals surface area contributed by atoms with Crippen LogP contribution in [0.4, 0.5) is 0 Å². The lowest BCUT2D eigenvalue weighted by Crippen LogP contribution is -2.18. The molecule has 2 heterocycles. The molecule has 19 heavy (non-hydrogen) atoms. The standard InChI is InChI=1S/C15H18N2O2/c1-10-7-12-9-17(15-5-3-4-6-19-15)16-14(12)8-13(10)11(2)18/h7-9,15H,3-6H2,1-2H3. The number of Topliss-reactive ketones (excluding diaryl/α,β-unsaturated/α-hetero) is 1. The number of aromatic nitrogens is 2. The van der Waals surface area contributed by atoms with Gasteiger partial charge in [0.1, 0.15) is 6.23 Å². The number of ketones is 1. The Balaban J connectivity index is 2.02. The van der Waals surface area contributed by atoms with Gasteiger partial charge in [0.15, 0.2) is 5.78 Å². The van der Waals surface area contributed by atoms with Crippen LogP contribution in [0.15, 0.2) is 18.3 Å². The zero-order valence-corrected chi connectivity index (χ0v) is 11.3. The van der Waals surface area contributed by atoms with Crippen LogP contribution in [-0.2, 0) is 4.74 Å². The van der Waals surface area contributed by atoms with Crippen molar-refractivity contribution < 1.29 is 9.53 Å². The first-order valence-corrected chi connectivity index (χ1v) is 6.77. The molecule has 0 saturated carbocycles. The van der Waals surface area contributed by atoms with Crippen LogP contribution in [0.3, 0.4) is 0 Å². The van der Waals surface area contributed by atoms with Gasteiger partial charge in [0.05, 0.1) is 5.52 Å². The number of carbonyl (C=O) groups excluding carboxylic acids is 1. The second kappa shape index (κ2) is 4.78. The number of hydrogen-bond acceptors (Lipinski definition) is 3. The average Bonchev–Trinajstić information content (AvgIpc) is 2.81. The van der Waals surface area contributed by atoms with Crippen LogP contribution in [0.5, 0.6) is 0 Å². The summed E-state index contributed by atoms with van der Waals surface area (Å²) in [6.07, 6.45) is 5.38. The number of nitrogens with zero attached hydrogens (tertiary/aromatic N) is 2. The molecule has 1 fully saturated rings. The fraction of sp³-hybridized carbons (Fsp3) is 0.467. The first kappa shape index (κ1) is 12.4. The molecule has 3 rings (SSSR count). The number of carbonyl (C=O) groups is 1. The largest absolute Gasteiger partial charge is 0.357 e. The molecule has 0 N–H and O–H groups in total. The minimum absolute atomic E-state index is 0.0437. The number of hydrogen-bond donors (Lipinski definition) is 0. The minimum atomic E-state index is 0.0437. The number of benzene rings is 1. The predicted molar refractivity (Wildman–Crippen MR) is 73.3 cm³/mol. The third-order valence-electron chi connectivity index (χ3n) is 3.70. The highest BCUT2D eigenvalue weighted by Gasteiger charge is 2.17. The lowest BCUT2D eigenvalue weighted by Gasteiger charge is -2.22. The van der Waals surface area contributed by atoms with E-state index in [2.05, 4.69) is 5.10 Å². The van der Waals surface area contributed by atoms with Crippen LogP contribution >= 0.6 is 0 Å². The SMILES string of the molecule is CC(=O)c1cc2nn(C3CCCCO3)cc2cc1C. The minimum Gasteiger partial charge on any atom is -0.357 e. The van der Waals surface area contributed by atoms with Crippen molar-refractivity contribution in [1.29, 1.82) is 0 Å². The van der Waals surface area contributed by atoms with Crippen LogP contribution in [0.25, 0.3) is 10.9 Å². The summed E-state index contributed by atoms with van der Waals surface area (Å²) in [5, 5.41) is 5.63. The van der Waals surface area contributed by atoms with Gasteiger partial charge in [0.2, 0.25) is 0 Å². The molecular formula is C15H18N2O2. The van der Waals surface area contributed by atoms with Gasteiger partial charge in [-0.3, -0.25) is 4.79 Å². The van der Waals surface area contributed by atoms with E-state index in [1.165, 1.54) is 6.42 Å². The van der Waals surface area contributed by atoms with Gasteiger partial charge in [-0.1, -0.05) is 0 Å². The summed E-state index contributed by atoms with van der Waals surface area (Å²) in [7, 11) is 0. The number of ether oxygens (including phenoxy) is 1. The molecule has 4 nitrogen and oxygen atoms in total. The monoisotopic (exact) mass is 258 g/mol. The summed E-state index contributed by atoms with van der Waals surface area (Å²) in [4.78, 5) is 11.6. The molecular weight excluding hydrogens is 240 g/mol. The zero-order valence-electron chi connectivity index (χ0n) is 11.3. The Kier molecular flexibility index (Phi) is 3.11. The van der Waals surface area contributed by atoms with Gasteiger partial charge in [-0.15, -0.1) is 0 Å². The van der Waals surface area contributed by atoms with Gasteiger partial charge in [0.25, 0.3) is 0 Å². The molecule has 1 unspecified atom stereocenters. The van der Waals surface area contributed by atoms with Gasteiger partial charge in [-0.05, 0) is 50.8 Å². The van der Waals surface area contributed by atoms with Crippen molar-refractivity contribution in [2.45, 2.75) is 39.3 Å². The lowest BCUT2D eigenvalue weighted by atomic mass is 10.0. The lowest BCUT2D eigenvalue weighted by molar-refractivity contribution is -0.0390. The van der Waals surface area contributed by atoms with Gasteiger partial charge < -0.3 is 4.74 Å². The quantitative estimate of drug-likeness (QED) is 0.777. The van der Waals surface area contributed by atoms with Crippen molar-refractivity contribution in [3.05, 3.63) is 29.5 Å². The Morgan fingerprint density at radius 1 is 1.42 bits per heavy atom. The molecule has 0 bridgehead atoms. The second-order valence-corrected chi connectivity index (χ2v) is 5.21. The fourth-order valence-electron chi connectivity index (χ4n) is 2.66. The highest BCUT2D eigenvalue weighted by atomic mass is 16.5. The molecule has 1 aliphatic heterocycles. The molecule has 1 saturated heterocycles. The van der Waals surface area contributed by atoms with Crippen LogP contribution in [0, 0.1) is 6.92 Å². The normalized spacial score (nSPS) is 19.8. The fourth-order valence-corrected chi connectivity index (χ4v) is 2.66. The van der Waals surface area contributed by atoms with E-state index >= 15 is 0 Å².